The number of hydrogen-bond acceptors (Lipinski definition) is 2. The second-order valence-corrected chi connectivity index (χ2v) is 4.04. The van der Waals surface area contributed by atoms with Gasteiger partial charge in [-0.1, -0.05) is 11.6 Å². The molecular weight excluding hydrogens is 178 g/mol. The van der Waals surface area contributed by atoms with Crippen LogP contribution in [-0.4, -0.2) is 6.54 Å². The number of hydrogen-bond donors (Lipinski definition) is 1. The summed E-state index contributed by atoms with van der Waals surface area (Å²) < 4.78 is 0. The first-order valence-corrected chi connectivity index (χ1v) is 5.64. The van der Waals surface area contributed by atoms with E-state index in [0.29, 0.717) is 0 Å². The molecule has 0 fully saturated rings. The van der Waals surface area contributed by atoms with Crippen LogP contribution in [0.1, 0.15) is 25.3 Å². The van der Waals surface area contributed by atoms with E-state index >= 15 is 0 Å². The summed E-state index contributed by atoms with van der Waals surface area (Å²) in [5, 5.41) is 4.35. The highest BCUT2D eigenvalue weighted by Crippen LogP contribution is 2.12. The van der Waals surface area contributed by atoms with Crippen LogP contribution in [0.15, 0.2) is 28.5 Å². The van der Waals surface area contributed by atoms with Crippen LogP contribution >= 0.6 is 11.3 Å². The molecule has 0 aliphatic heterocycles. The predicted molar refractivity (Wildman–Crippen MR) is 60.1 cm³/mol. The van der Waals surface area contributed by atoms with E-state index in [1.54, 1.807) is 11.3 Å². The molecule has 0 unspecified atom stereocenters. The van der Waals surface area contributed by atoms with Crippen LogP contribution in [0.5, 0.6) is 0 Å². The predicted octanol–water partition coefficient (Wildman–Crippen LogP) is 2.98. The van der Waals surface area contributed by atoms with Gasteiger partial charge in [0.25, 0.3) is 0 Å². The number of aryl methyl sites for hydroxylation is 1. The van der Waals surface area contributed by atoms with E-state index in [-0.39, 0.29) is 0 Å². The van der Waals surface area contributed by atoms with E-state index in [4.69, 9.17) is 5.73 Å². The molecule has 0 radical (unpaired) electrons. The van der Waals surface area contributed by atoms with Crippen LogP contribution < -0.4 is 5.73 Å². The van der Waals surface area contributed by atoms with Gasteiger partial charge in [0.1, 0.15) is 0 Å². The van der Waals surface area contributed by atoms with Crippen LogP contribution in [0.2, 0.25) is 0 Å². The maximum atomic E-state index is 5.42. The third kappa shape index (κ3) is 4.25. The van der Waals surface area contributed by atoms with Gasteiger partial charge in [0, 0.05) is 0 Å². The fourth-order valence-electron chi connectivity index (χ4n) is 1.21. The lowest BCUT2D eigenvalue weighted by atomic mass is 10.1. The second kappa shape index (κ2) is 5.95. The van der Waals surface area contributed by atoms with E-state index in [0.717, 1.165) is 25.8 Å². The summed E-state index contributed by atoms with van der Waals surface area (Å²) in [7, 11) is 0. The minimum atomic E-state index is 0.760. The van der Waals surface area contributed by atoms with Crippen molar-refractivity contribution in [1.29, 1.82) is 0 Å². The van der Waals surface area contributed by atoms with Crippen molar-refractivity contribution in [3.8, 4) is 0 Å². The molecule has 0 saturated carbocycles. The number of allylic oxidation sites excluding steroid dienone is 1. The van der Waals surface area contributed by atoms with Crippen molar-refractivity contribution in [3.05, 3.63) is 34.0 Å². The van der Waals surface area contributed by atoms with E-state index in [9.17, 15) is 0 Å². The molecule has 1 aromatic heterocycles. The minimum Gasteiger partial charge on any atom is -0.330 e. The molecule has 2 heteroatoms. The molecule has 2 N–H and O–H groups in total. The Kier molecular flexibility index (Phi) is 4.79. The lowest BCUT2D eigenvalue weighted by Crippen LogP contribution is -1.96. The summed E-state index contributed by atoms with van der Waals surface area (Å²) in [6, 6.07) is 2.20. The summed E-state index contributed by atoms with van der Waals surface area (Å²) in [6.07, 6.45) is 5.58. The van der Waals surface area contributed by atoms with E-state index in [1.165, 1.54) is 11.1 Å². The average Bonchev–Trinajstić information content (AvgIpc) is 2.64. The fraction of sp³-hybridized carbons (Fsp3) is 0.455. The second-order valence-electron chi connectivity index (χ2n) is 3.26. The molecule has 72 valence electrons. The summed E-state index contributed by atoms with van der Waals surface area (Å²) in [5.41, 5.74) is 8.33. The van der Waals surface area contributed by atoms with E-state index < -0.39 is 0 Å². The van der Waals surface area contributed by atoms with Gasteiger partial charge >= 0.3 is 0 Å². The minimum absolute atomic E-state index is 0.760. The highest BCUT2D eigenvalue weighted by molar-refractivity contribution is 7.07. The van der Waals surface area contributed by atoms with Gasteiger partial charge in [-0.3, -0.25) is 0 Å². The Morgan fingerprint density at radius 3 is 3.08 bits per heavy atom. The highest BCUT2D eigenvalue weighted by Gasteiger charge is 1.94. The smallest absolute Gasteiger partial charge is 0.00425 e. The first kappa shape index (κ1) is 10.5. The molecule has 13 heavy (non-hydrogen) atoms. The maximum absolute atomic E-state index is 5.42. The molecule has 0 bridgehead atoms. The normalized spacial score (nSPS) is 12.0. The molecule has 0 aliphatic rings. The third-order valence-corrected chi connectivity index (χ3v) is 2.78. The van der Waals surface area contributed by atoms with Gasteiger partial charge in [0.05, 0.1) is 0 Å². The number of thiophene rings is 1. The van der Waals surface area contributed by atoms with E-state index in [2.05, 4.69) is 29.8 Å². The Bertz CT molecular complexity index is 249. The van der Waals surface area contributed by atoms with Crippen molar-refractivity contribution in [2.45, 2.75) is 26.2 Å². The summed E-state index contributed by atoms with van der Waals surface area (Å²) >= 11 is 1.77. The van der Waals surface area contributed by atoms with Crippen molar-refractivity contribution in [2.24, 2.45) is 5.73 Å². The monoisotopic (exact) mass is 195 g/mol. The fourth-order valence-corrected chi connectivity index (χ4v) is 1.91. The zero-order valence-electron chi connectivity index (χ0n) is 8.12. The Morgan fingerprint density at radius 1 is 1.62 bits per heavy atom. The molecule has 1 nitrogen and oxygen atoms in total. The number of rotatable bonds is 5. The van der Waals surface area contributed by atoms with Crippen molar-refractivity contribution < 1.29 is 0 Å². The summed E-state index contributed by atoms with van der Waals surface area (Å²) in [6.45, 7) is 2.94. The van der Waals surface area contributed by atoms with Gasteiger partial charge in [-0.25, -0.2) is 0 Å². The van der Waals surface area contributed by atoms with Gasteiger partial charge < -0.3 is 5.73 Å². The first-order valence-electron chi connectivity index (χ1n) is 4.69. The van der Waals surface area contributed by atoms with Gasteiger partial charge in [0.15, 0.2) is 0 Å². The highest BCUT2D eigenvalue weighted by atomic mass is 32.1. The van der Waals surface area contributed by atoms with Crippen LogP contribution in [0.25, 0.3) is 0 Å². The molecule has 0 amide bonds. The number of nitrogens with two attached hydrogens (primary N) is 1. The van der Waals surface area contributed by atoms with Gasteiger partial charge in [-0.15, -0.1) is 0 Å². The maximum Gasteiger partial charge on any atom is -0.00425 e. The van der Waals surface area contributed by atoms with Gasteiger partial charge in [-0.05, 0) is 55.1 Å². The summed E-state index contributed by atoms with van der Waals surface area (Å²) in [5.74, 6) is 0. The summed E-state index contributed by atoms with van der Waals surface area (Å²) in [4.78, 5) is 0. The lowest BCUT2D eigenvalue weighted by molar-refractivity contribution is 0.916. The van der Waals surface area contributed by atoms with Crippen molar-refractivity contribution in [1.82, 2.24) is 0 Å². The average molecular weight is 195 g/mol. The third-order valence-electron chi connectivity index (χ3n) is 2.05. The molecule has 1 heterocycles. The zero-order chi connectivity index (χ0) is 9.52. The van der Waals surface area contributed by atoms with Gasteiger partial charge in [0.2, 0.25) is 0 Å². The van der Waals surface area contributed by atoms with Crippen LogP contribution in [0.3, 0.4) is 0 Å². The Morgan fingerprint density at radius 2 is 2.46 bits per heavy atom. The first-order chi connectivity index (χ1) is 6.33. The SMILES string of the molecule is CC(=CCCN)CCc1ccsc1. The molecule has 0 atom stereocenters. The Hall–Kier alpha value is -0.600. The van der Waals surface area contributed by atoms with Crippen molar-refractivity contribution in [3.63, 3.8) is 0 Å². The quantitative estimate of drug-likeness (QED) is 0.718. The van der Waals surface area contributed by atoms with Crippen molar-refractivity contribution in [2.75, 3.05) is 6.54 Å². The van der Waals surface area contributed by atoms with Crippen molar-refractivity contribution >= 4 is 11.3 Å². The van der Waals surface area contributed by atoms with E-state index in [1.807, 2.05) is 0 Å². The van der Waals surface area contributed by atoms with Crippen LogP contribution in [-0.2, 0) is 6.42 Å². The molecule has 1 rings (SSSR count). The molecule has 0 aromatic carbocycles. The van der Waals surface area contributed by atoms with Crippen LogP contribution in [0, 0.1) is 0 Å². The van der Waals surface area contributed by atoms with Gasteiger partial charge in [-0.2, -0.15) is 11.3 Å². The molecule has 1 aromatic rings. The standard InChI is InChI=1S/C11H17NS/c1-10(3-2-7-12)4-5-11-6-8-13-9-11/h3,6,8-9H,2,4-5,7,12H2,1H3. The van der Waals surface area contributed by atoms with Crippen LogP contribution in [0.4, 0.5) is 0 Å². The topological polar surface area (TPSA) is 26.0 Å². The Balaban J connectivity index is 2.26. The Labute approximate surface area is 84.3 Å². The lowest BCUT2D eigenvalue weighted by Gasteiger charge is -1.99. The zero-order valence-corrected chi connectivity index (χ0v) is 8.94. The molecule has 0 saturated heterocycles. The molecular formula is C11H17NS. The largest absolute Gasteiger partial charge is 0.330 e. The molecule has 0 spiro atoms. The molecule has 0 aliphatic carbocycles.